The number of para-hydroxylation sites is 2. The van der Waals surface area contributed by atoms with E-state index >= 15 is 0 Å². The van der Waals surface area contributed by atoms with E-state index in [9.17, 15) is 14.4 Å². The second-order valence-electron chi connectivity index (χ2n) is 7.57. The van der Waals surface area contributed by atoms with Crippen LogP contribution in [0.15, 0.2) is 48.5 Å². The maximum Gasteiger partial charge on any atom is 0.262 e. The second kappa shape index (κ2) is 9.97. The van der Waals surface area contributed by atoms with Crippen LogP contribution in [0, 0.1) is 0 Å². The maximum absolute atomic E-state index is 12.7. The number of hydrogen-bond acceptors (Lipinski definition) is 5. The largest absolute Gasteiger partial charge is 0.477 e. The lowest BCUT2D eigenvalue weighted by molar-refractivity contribution is -0.128. The molecule has 2 aromatic rings. The number of ether oxygens (including phenoxy) is 1. The molecule has 0 radical (unpaired) electrons. The Bertz CT molecular complexity index is 943. The molecule has 31 heavy (non-hydrogen) atoms. The van der Waals surface area contributed by atoms with Crippen molar-refractivity contribution in [1.29, 1.82) is 0 Å². The number of fused-ring (bicyclic) bond motifs is 1. The minimum Gasteiger partial charge on any atom is -0.477 e. The van der Waals surface area contributed by atoms with Gasteiger partial charge in [0.05, 0.1) is 18.8 Å². The van der Waals surface area contributed by atoms with E-state index in [0.717, 1.165) is 12.1 Å². The Morgan fingerprint density at radius 3 is 2.48 bits per heavy atom. The minimum absolute atomic E-state index is 0.0658. The number of benzene rings is 2. The number of carbonyl (C=O) groups is 3. The van der Waals surface area contributed by atoms with Gasteiger partial charge in [-0.3, -0.25) is 14.4 Å². The first-order valence-corrected chi connectivity index (χ1v) is 10.3. The third-order valence-electron chi connectivity index (χ3n) is 4.86. The zero-order chi connectivity index (χ0) is 22.4. The number of rotatable bonds is 7. The van der Waals surface area contributed by atoms with Crippen LogP contribution in [0.5, 0.6) is 5.75 Å². The van der Waals surface area contributed by atoms with Gasteiger partial charge in [0.15, 0.2) is 6.10 Å². The molecule has 0 saturated heterocycles. The first kappa shape index (κ1) is 22.1. The van der Waals surface area contributed by atoms with Crippen molar-refractivity contribution in [2.75, 3.05) is 43.9 Å². The van der Waals surface area contributed by atoms with E-state index in [1.807, 2.05) is 30.0 Å². The fraction of sp³-hybridized carbons (Fsp3) is 0.348. The molecule has 1 aliphatic rings. The molecule has 1 aliphatic heterocycles. The van der Waals surface area contributed by atoms with E-state index in [0.29, 0.717) is 23.5 Å². The van der Waals surface area contributed by atoms with E-state index in [1.165, 1.54) is 4.90 Å². The molecule has 0 aliphatic carbocycles. The van der Waals surface area contributed by atoms with Crippen molar-refractivity contribution < 1.29 is 19.1 Å². The summed E-state index contributed by atoms with van der Waals surface area (Å²) < 4.78 is 5.85. The van der Waals surface area contributed by atoms with Gasteiger partial charge in [-0.05, 0) is 42.8 Å². The Balaban J connectivity index is 1.68. The fourth-order valence-electron chi connectivity index (χ4n) is 3.28. The summed E-state index contributed by atoms with van der Waals surface area (Å²) in [6, 6.07) is 14.1. The lowest BCUT2D eigenvalue weighted by Gasteiger charge is -2.35. The molecule has 0 saturated carbocycles. The molecule has 0 spiro atoms. The lowest BCUT2D eigenvalue weighted by Crippen LogP contribution is -2.50. The van der Waals surface area contributed by atoms with Crippen LogP contribution in [0.3, 0.4) is 0 Å². The predicted octanol–water partition coefficient (Wildman–Crippen LogP) is 2.12. The molecular formula is C23H28N4O4. The molecule has 0 unspecified atom stereocenters. The normalized spacial score (nSPS) is 14.8. The standard InChI is InChI=1S/C23H28N4O4/c1-4-13-24-22(29)20-14-27(18-7-5-6-8-19(18)31-20)15-21(28)25-17-11-9-16(10-12-17)23(30)26(2)3/h5-12,20H,4,13-15H2,1-3H3,(H,24,29)(H,25,28)/t20-/m0/s1. The Morgan fingerprint density at radius 1 is 1.10 bits per heavy atom. The molecule has 3 rings (SSSR count). The minimum atomic E-state index is -0.689. The Hall–Kier alpha value is -3.55. The van der Waals surface area contributed by atoms with Gasteiger partial charge in [-0.2, -0.15) is 0 Å². The summed E-state index contributed by atoms with van der Waals surface area (Å²) in [6.07, 6.45) is 0.144. The van der Waals surface area contributed by atoms with Crippen molar-refractivity contribution in [3.05, 3.63) is 54.1 Å². The molecule has 164 valence electrons. The molecule has 2 N–H and O–H groups in total. The maximum atomic E-state index is 12.7. The number of anilines is 2. The number of nitrogens with one attached hydrogen (secondary N) is 2. The zero-order valence-corrected chi connectivity index (χ0v) is 18.1. The van der Waals surface area contributed by atoms with E-state index in [4.69, 9.17) is 4.74 Å². The molecule has 1 atom stereocenters. The van der Waals surface area contributed by atoms with Crippen LogP contribution in [0.1, 0.15) is 23.7 Å². The van der Waals surface area contributed by atoms with E-state index in [1.54, 1.807) is 44.4 Å². The molecule has 8 heteroatoms. The van der Waals surface area contributed by atoms with Crippen LogP contribution in [-0.4, -0.2) is 62.5 Å². The highest BCUT2D eigenvalue weighted by atomic mass is 16.5. The lowest BCUT2D eigenvalue weighted by atomic mass is 10.1. The molecule has 3 amide bonds. The Kier molecular flexibility index (Phi) is 7.12. The first-order chi connectivity index (χ1) is 14.9. The summed E-state index contributed by atoms with van der Waals surface area (Å²) in [5.41, 5.74) is 1.91. The highest BCUT2D eigenvalue weighted by Crippen LogP contribution is 2.33. The number of hydrogen-bond donors (Lipinski definition) is 2. The van der Waals surface area contributed by atoms with Crippen molar-refractivity contribution in [2.24, 2.45) is 0 Å². The van der Waals surface area contributed by atoms with Crippen LogP contribution in [-0.2, 0) is 9.59 Å². The zero-order valence-electron chi connectivity index (χ0n) is 18.1. The van der Waals surface area contributed by atoms with Crippen molar-refractivity contribution in [3.8, 4) is 5.75 Å². The van der Waals surface area contributed by atoms with Crippen LogP contribution >= 0.6 is 0 Å². The monoisotopic (exact) mass is 424 g/mol. The molecule has 8 nitrogen and oxygen atoms in total. The number of carbonyl (C=O) groups excluding carboxylic acids is 3. The van der Waals surface area contributed by atoms with Gasteiger partial charge >= 0.3 is 0 Å². The molecule has 0 aromatic heterocycles. The number of nitrogens with zero attached hydrogens (tertiary/aromatic N) is 2. The molecule has 2 aromatic carbocycles. The quantitative estimate of drug-likeness (QED) is 0.711. The highest BCUT2D eigenvalue weighted by molar-refractivity contribution is 5.97. The third-order valence-corrected chi connectivity index (χ3v) is 4.86. The van der Waals surface area contributed by atoms with E-state index < -0.39 is 6.10 Å². The van der Waals surface area contributed by atoms with Crippen molar-refractivity contribution in [1.82, 2.24) is 10.2 Å². The summed E-state index contributed by atoms with van der Waals surface area (Å²) in [7, 11) is 3.38. The fourth-order valence-corrected chi connectivity index (χ4v) is 3.28. The highest BCUT2D eigenvalue weighted by Gasteiger charge is 2.31. The van der Waals surface area contributed by atoms with Gasteiger partial charge in [-0.25, -0.2) is 0 Å². The Labute approximate surface area is 182 Å². The average molecular weight is 425 g/mol. The van der Waals surface area contributed by atoms with Gasteiger partial charge in [0.25, 0.3) is 11.8 Å². The van der Waals surface area contributed by atoms with Crippen molar-refractivity contribution >= 4 is 29.1 Å². The van der Waals surface area contributed by atoms with Crippen LogP contribution < -0.4 is 20.3 Å². The molecular weight excluding hydrogens is 396 g/mol. The summed E-state index contributed by atoms with van der Waals surface area (Å²) >= 11 is 0. The molecule has 1 heterocycles. The summed E-state index contributed by atoms with van der Waals surface area (Å²) in [5.74, 6) is 0.0546. The van der Waals surface area contributed by atoms with Crippen LogP contribution in [0.4, 0.5) is 11.4 Å². The summed E-state index contributed by atoms with van der Waals surface area (Å²) in [5, 5.41) is 5.69. The second-order valence-corrected chi connectivity index (χ2v) is 7.57. The van der Waals surface area contributed by atoms with E-state index in [2.05, 4.69) is 10.6 Å². The topological polar surface area (TPSA) is 91.0 Å². The van der Waals surface area contributed by atoms with Gasteiger partial charge < -0.3 is 25.2 Å². The smallest absolute Gasteiger partial charge is 0.262 e. The van der Waals surface area contributed by atoms with Crippen molar-refractivity contribution in [3.63, 3.8) is 0 Å². The average Bonchev–Trinajstić information content (AvgIpc) is 2.77. The van der Waals surface area contributed by atoms with E-state index in [-0.39, 0.29) is 30.8 Å². The van der Waals surface area contributed by atoms with Gasteiger partial charge in [0.2, 0.25) is 5.91 Å². The van der Waals surface area contributed by atoms with Gasteiger partial charge in [0.1, 0.15) is 5.75 Å². The van der Waals surface area contributed by atoms with Crippen molar-refractivity contribution in [2.45, 2.75) is 19.4 Å². The van der Waals surface area contributed by atoms with Gasteiger partial charge in [-0.1, -0.05) is 19.1 Å². The summed E-state index contributed by atoms with van der Waals surface area (Å²) in [6.45, 7) is 2.90. The predicted molar refractivity (Wildman–Crippen MR) is 119 cm³/mol. The van der Waals surface area contributed by atoms with Crippen LogP contribution in [0.2, 0.25) is 0 Å². The molecule has 0 bridgehead atoms. The SMILES string of the molecule is CCCNC(=O)[C@@H]1CN(CC(=O)Nc2ccc(C(=O)N(C)C)cc2)c2ccccc2O1. The van der Waals surface area contributed by atoms with Crippen LogP contribution in [0.25, 0.3) is 0 Å². The van der Waals surface area contributed by atoms with Gasteiger partial charge in [-0.15, -0.1) is 0 Å². The first-order valence-electron chi connectivity index (χ1n) is 10.3. The van der Waals surface area contributed by atoms with Gasteiger partial charge in [0, 0.05) is 31.9 Å². The Morgan fingerprint density at radius 2 is 1.81 bits per heavy atom. The third kappa shape index (κ3) is 5.53. The summed E-state index contributed by atoms with van der Waals surface area (Å²) in [4.78, 5) is 40.5. The molecule has 0 fully saturated rings. The number of amides is 3.